The molecule has 0 spiro atoms. The molecule has 39 heavy (non-hydrogen) atoms. The van der Waals surface area contributed by atoms with E-state index in [9.17, 15) is 14.7 Å². The Hall–Kier alpha value is -5.01. The van der Waals surface area contributed by atoms with Gasteiger partial charge in [-0.05, 0) is 35.9 Å². The Morgan fingerprint density at radius 2 is 1.97 bits per heavy atom. The second kappa shape index (κ2) is 12.5. The van der Waals surface area contributed by atoms with Gasteiger partial charge in [-0.15, -0.1) is 0 Å². The van der Waals surface area contributed by atoms with E-state index in [4.69, 9.17) is 25.8 Å². The van der Waals surface area contributed by atoms with Crippen LogP contribution in [0.3, 0.4) is 0 Å². The van der Waals surface area contributed by atoms with Gasteiger partial charge in [0.05, 0.1) is 37.6 Å². The minimum Gasteiger partial charge on any atom is -0.506 e. The number of aromatic hydroxyl groups is 1. The van der Waals surface area contributed by atoms with Crippen LogP contribution in [0.1, 0.15) is 33.2 Å². The SMILES string of the molecule is COc1cc(/C=N/NC(=O)c2ccc(O)c(Cl)c2)cc(C#CCNC2=NC(=O)C(c3ccccc3)O2)c1OC. The van der Waals surface area contributed by atoms with Gasteiger partial charge in [0.25, 0.3) is 17.8 Å². The molecule has 1 aliphatic rings. The van der Waals surface area contributed by atoms with E-state index in [1.165, 1.54) is 38.6 Å². The van der Waals surface area contributed by atoms with Crippen molar-refractivity contribution < 1.29 is 28.9 Å². The minimum absolute atomic E-state index is 0.0541. The molecule has 0 aliphatic carbocycles. The summed E-state index contributed by atoms with van der Waals surface area (Å²) in [5.74, 6) is 5.73. The number of hydrogen-bond acceptors (Lipinski definition) is 8. The van der Waals surface area contributed by atoms with Gasteiger partial charge in [-0.25, -0.2) is 5.43 Å². The molecule has 1 unspecified atom stereocenters. The van der Waals surface area contributed by atoms with Crippen LogP contribution < -0.4 is 20.2 Å². The fraction of sp³-hybridized carbons (Fsp3) is 0.143. The number of amides is 2. The number of phenols is 1. The second-order valence-corrected chi connectivity index (χ2v) is 8.40. The summed E-state index contributed by atoms with van der Waals surface area (Å²) < 4.78 is 16.5. The van der Waals surface area contributed by atoms with E-state index in [0.29, 0.717) is 28.2 Å². The van der Waals surface area contributed by atoms with E-state index in [-0.39, 0.29) is 28.9 Å². The lowest BCUT2D eigenvalue weighted by Gasteiger charge is -2.11. The third kappa shape index (κ3) is 6.66. The predicted molar refractivity (Wildman–Crippen MR) is 145 cm³/mol. The summed E-state index contributed by atoms with van der Waals surface area (Å²) >= 11 is 5.85. The predicted octanol–water partition coefficient (Wildman–Crippen LogP) is 3.42. The molecule has 10 nitrogen and oxygen atoms in total. The Labute approximate surface area is 229 Å². The van der Waals surface area contributed by atoms with Crippen molar-refractivity contribution in [2.75, 3.05) is 20.8 Å². The standard InChI is InChI=1S/C28H23ClN4O6/c1-37-23-14-17(16-31-33-26(35)20-10-11-22(34)21(29)15-20)13-19(24(23)38-2)9-6-12-30-28-32-27(36)25(39-28)18-7-4-3-5-8-18/h3-5,7-8,10-11,13-16,25,34H,12H2,1-2H3,(H,33,35)(H,30,32,36)/b31-16+. The summed E-state index contributed by atoms with van der Waals surface area (Å²) in [6.07, 6.45) is 0.635. The number of nitrogens with zero attached hydrogens (tertiary/aromatic N) is 2. The quantitative estimate of drug-likeness (QED) is 0.235. The highest BCUT2D eigenvalue weighted by Gasteiger charge is 2.30. The van der Waals surface area contributed by atoms with Gasteiger partial charge in [0.2, 0.25) is 6.10 Å². The maximum atomic E-state index is 12.3. The van der Waals surface area contributed by atoms with Gasteiger partial charge >= 0.3 is 0 Å². The van der Waals surface area contributed by atoms with Crippen LogP contribution in [0.25, 0.3) is 0 Å². The lowest BCUT2D eigenvalue weighted by atomic mass is 10.1. The number of benzene rings is 3. The smallest absolute Gasteiger partial charge is 0.296 e. The molecule has 0 saturated heterocycles. The molecule has 1 atom stereocenters. The first kappa shape index (κ1) is 27.0. The molecule has 3 N–H and O–H groups in total. The highest BCUT2D eigenvalue weighted by molar-refractivity contribution is 6.32. The molecule has 0 bridgehead atoms. The van der Waals surface area contributed by atoms with Gasteiger partial charge in [0.1, 0.15) is 5.75 Å². The summed E-state index contributed by atoms with van der Waals surface area (Å²) in [6, 6.07) is 16.6. The molecule has 0 aromatic heterocycles. The molecule has 3 aromatic rings. The number of hydrogen-bond donors (Lipinski definition) is 3. The van der Waals surface area contributed by atoms with E-state index in [0.717, 1.165) is 0 Å². The second-order valence-electron chi connectivity index (χ2n) is 7.99. The van der Waals surface area contributed by atoms with Crippen LogP contribution in [-0.2, 0) is 9.53 Å². The van der Waals surface area contributed by atoms with Gasteiger partial charge < -0.3 is 24.6 Å². The maximum Gasteiger partial charge on any atom is 0.296 e. The van der Waals surface area contributed by atoms with Crippen molar-refractivity contribution in [3.05, 3.63) is 87.9 Å². The zero-order valence-electron chi connectivity index (χ0n) is 20.9. The van der Waals surface area contributed by atoms with Crippen LogP contribution in [0, 0.1) is 11.8 Å². The van der Waals surface area contributed by atoms with E-state index >= 15 is 0 Å². The van der Waals surface area contributed by atoms with Gasteiger partial charge in [-0.1, -0.05) is 53.8 Å². The average molecular weight is 547 g/mol. The Morgan fingerprint density at radius 1 is 1.18 bits per heavy atom. The van der Waals surface area contributed by atoms with Crippen molar-refractivity contribution in [1.29, 1.82) is 0 Å². The lowest BCUT2D eigenvalue weighted by Crippen LogP contribution is -2.24. The summed E-state index contributed by atoms with van der Waals surface area (Å²) in [4.78, 5) is 28.4. The maximum absolute atomic E-state index is 12.3. The van der Waals surface area contributed by atoms with Crippen LogP contribution in [0.2, 0.25) is 5.02 Å². The molecule has 1 aliphatic heterocycles. The number of phenolic OH excluding ortho intramolecular Hbond substituents is 1. The molecule has 1 heterocycles. The number of rotatable bonds is 7. The van der Waals surface area contributed by atoms with Crippen molar-refractivity contribution in [3.8, 4) is 29.1 Å². The molecule has 0 fully saturated rings. The zero-order chi connectivity index (χ0) is 27.8. The van der Waals surface area contributed by atoms with Gasteiger partial charge in [-0.2, -0.15) is 10.1 Å². The Balaban J connectivity index is 1.42. The molecule has 2 amide bonds. The normalized spacial score (nSPS) is 14.2. The van der Waals surface area contributed by atoms with Crippen molar-refractivity contribution in [1.82, 2.24) is 10.7 Å². The first-order chi connectivity index (χ1) is 18.9. The summed E-state index contributed by atoms with van der Waals surface area (Å²) in [5, 5.41) is 16.4. The number of amidine groups is 1. The van der Waals surface area contributed by atoms with Crippen molar-refractivity contribution in [2.45, 2.75) is 6.10 Å². The Bertz CT molecular complexity index is 1510. The molecule has 0 saturated carbocycles. The van der Waals surface area contributed by atoms with E-state index < -0.39 is 17.9 Å². The van der Waals surface area contributed by atoms with Crippen LogP contribution >= 0.6 is 11.6 Å². The molecule has 4 rings (SSSR count). The number of carbonyl (C=O) groups is 2. The number of hydrazone groups is 1. The van der Waals surface area contributed by atoms with E-state index in [1.54, 1.807) is 24.3 Å². The first-order valence-corrected chi connectivity index (χ1v) is 11.9. The highest BCUT2D eigenvalue weighted by atomic mass is 35.5. The monoisotopic (exact) mass is 546 g/mol. The number of nitrogens with one attached hydrogen (secondary N) is 2. The van der Waals surface area contributed by atoms with Crippen LogP contribution in [0.5, 0.6) is 17.2 Å². The fourth-order valence-electron chi connectivity index (χ4n) is 3.56. The first-order valence-electron chi connectivity index (χ1n) is 11.5. The Morgan fingerprint density at radius 3 is 2.69 bits per heavy atom. The summed E-state index contributed by atoms with van der Waals surface area (Å²) in [7, 11) is 2.98. The van der Waals surface area contributed by atoms with Crippen LogP contribution in [0.15, 0.2) is 70.8 Å². The fourth-order valence-corrected chi connectivity index (χ4v) is 3.74. The largest absolute Gasteiger partial charge is 0.506 e. The molecule has 11 heteroatoms. The van der Waals surface area contributed by atoms with Gasteiger partial charge in [0.15, 0.2) is 11.5 Å². The van der Waals surface area contributed by atoms with Crippen molar-refractivity contribution in [2.24, 2.45) is 10.1 Å². The number of methoxy groups -OCH3 is 2. The molecule has 3 aromatic carbocycles. The van der Waals surface area contributed by atoms with Gasteiger partial charge in [-0.3, -0.25) is 9.59 Å². The van der Waals surface area contributed by atoms with Crippen molar-refractivity contribution >= 4 is 35.7 Å². The molecule has 198 valence electrons. The van der Waals surface area contributed by atoms with Crippen LogP contribution in [-0.4, -0.2) is 49.9 Å². The van der Waals surface area contributed by atoms with Crippen LogP contribution in [0.4, 0.5) is 0 Å². The number of carbonyl (C=O) groups excluding carboxylic acids is 2. The molecular weight excluding hydrogens is 524 g/mol. The topological polar surface area (TPSA) is 131 Å². The number of halogens is 1. The van der Waals surface area contributed by atoms with Crippen molar-refractivity contribution in [3.63, 3.8) is 0 Å². The average Bonchev–Trinajstić information content (AvgIpc) is 3.32. The summed E-state index contributed by atoms with van der Waals surface area (Å²) in [5.41, 5.74) is 4.43. The van der Waals surface area contributed by atoms with E-state index in [1.807, 2.05) is 18.2 Å². The van der Waals surface area contributed by atoms with Gasteiger partial charge in [0, 0.05) is 11.1 Å². The number of ether oxygens (including phenoxy) is 3. The molecule has 0 radical (unpaired) electrons. The highest BCUT2D eigenvalue weighted by Crippen LogP contribution is 2.32. The Kier molecular flexibility index (Phi) is 8.66. The number of aliphatic imine (C=N–C) groups is 1. The van der Waals surface area contributed by atoms with E-state index in [2.05, 4.69) is 32.7 Å². The summed E-state index contributed by atoms with van der Waals surface area (Å²) in [6.45, 7) is 0.142. The third-order valence-corrected chi connectivity index (χ3v) is 5.71. The zero-order valence-corrected chi connectivity index (χ0v) is 21.7. The minimum atomic E-state index is -0.784. The lowest BCUT2D eigenvalue weighted by molar-refractivity contribution is -0.122. The molecular formula is C28H23ClN4O6. The third-order valence-electron chi connectivity index (χ3n) is 5.41.